The fourth-order valence-electron chi connectivity index (χ4n) is 4.42. The number of nitrogens with zero attached hydrogens (tertiary/aromatic N) is 3. The van der Waals surface area contributed by atoms with E-state index in [1.54, 1.807) is 11.6 Å². The number of hydrogen-bond donors (Lipinski definition) is 2. The molecule has 7 nitrogen and oxygen atoms in total. The predicted molar refractivity (Wildman–Crippen MR) is 127 cm³/mol. The highest BCUT2D eigenvalue weighted by molar-refractivity contribution is 5.90. The van der Waals surface area contributed by atoms with Crippen LogP contribution in [-0.2, 0) is 0 Å². The molecule has 2 heterocycles. The molecular formula is C25H28F3N5O2. The first-order valence-electron chi connectivity index (χ1n) is 11.4. The fourth-order valence-corrected chi connectivity index (χ4v) is 4.42. The summed E-state index contributed by atoms with van der Waals surface area (Å²) in [4.78, 5) is 14.4. The van der Waals surface area contributed by atoms with Gasteiger partial charge in [0.1, 0.15) is 5.82 Å². The lowest BCUT2D eigenvalue weighted by Gasteiger charge is -2.21. The van der Waals surface area contributed by atoms with Gasteiger partial charge in [0.15, 0.2) is 0 Å². The number of alkyl halides is 3. The van der Waals surface area contributed by atoms with Crippen molar-refractivity contribution >= 4 is 11.8 Å². The molecule has 0 bridgehead atoms. The molecule has 3 aromatic rings. The molecule has 10 heteroatoms. The minimum Gasteiger partial charge on any atom is -0.477 e. The van der Waals surface area contributed by atoms with Crippen LogP contribution in [-0.4, -0.2) is 59.2 Å². The molecule has 2 amide bonds. The number of rotatable bonds is 7. The van der Waals surface area contributed by atoms with Gasteiger partial charge in [-0.15, -0.1) is 5.10 Å². The van der Waals surface area contributed by atoms with E-state index in [1.807, 2.05) is 67.6 Å². The van der Waals surface area contributed by atoms with E-state index in [-0.39, 0.29) is 19.0 Å². The summed E-state index contributed by atoms with van der Waals surface area (Å²) >= 11 is 0. The van der Waals surface area contributed by atoms with E-state index < -0.39 is 24.8 Å². The minimum atomic E-state index is -4.31. The standard InChI is InChI=1S/C25H28F3N5O2/c1-3-35-23-17(2)22(33(31-23)19-12-8-5-9-13-19)30-24(34)29-21-15-32(16-25(26,27)28)14-20(21)18-10-6-4-7-11-18/h4-13,20-21H,3,14-16H2,1-2H3,(H2,29,30,34)/t20-,21+/m1/s1. The summed E-state index contributed by atoms with van der Waals surface area (Å²) in [6, 6.07) is 17.5. The molecule has 0 radical (unpaired) electrons. The Bertz CT molecular complexity index is 1140. The molecule has 0 unspecified atom stereocenters. The lowest BCUT2D eigenvalue weighted by Crippen LogP contribution is -2.43. The number of aromatic nitrogens is 2. The molecule has 0 saturated carbocycles. The SMILES string of the molecule is CCOc1nn(-c2ccccc2)c(NC(=O)N[C@H]2CN(CC(F)(F)F)C[C@@H]2c2ccccc2)c1C. The maximum atomic E-state index is 13.1. The van der Waals surface area contributed by atoms with E-state index in [0.29, 0.717) is 23.9 Å². The van der Waals surface area contributed by atoms with Gasteiger partial charge in [0, 0.05) is 19.0 Å². The Morgan fingerprint density at radius 3 is 2.37 bits per heavy atom. The van der Waals surface area contributed by atoms with Gasteiger partial charge in [-0.1, -0.05) is 48.5 Å². The average molecular weight is 488 g/mol. The number of benzene rings is 2. The Balaban J connectivity index is 1.56. The van der Waals surface area contributed by atoms with Gasteiger partial charge >= 0.3 is 12.2 Å². The van der Waals surface area contributed by atoms with Gasteiger partial charge < -0.3 is 10.1 Å². The molecule has 1 fully saturated rings. The zero-order chi connectivity index (χ0) is 25.0. The summed E-state index contributed by atoms with van der Waals surface area (Å²) in [6.07, 6.45) is -4.31. The third kappa shape index (κ3) is 5.94. The number of likely N-dealkylation sites (tertiary alicyclic amines) is 1. The van der Waals surface area contributed by atoms with Crippen molar-refractivity contribution in [1.29, 1.82) is 0 Å². The van der Waals surface area contributed by atoms with Gasteiger partial charge in [-0.25, -0.2) is 9.48 Å². The number of urea groups is 1. The van der Waals surface area contributed by atoms with Crippen LogP contribution >= 0.6 is 0 Å². The highest BCUT2D eigenvalue weighted by Gasteiger charge is 2.40. The van der Waals surface area contributed by atoms with E-state index in [4.69, 9.17) is 4.74 Å². The van der Waals surface area contributed by atoms with Crippen molar-refractivity contribution in [3.05, 3.63) is 71.8 Å². The van der Waals surface area contributed by atoms with Crippen LogP contribution in [0.1, 0.15) is 24.0 Å². The number of carbonyl (C=O) groups is 1. The Labute approximate surface area is 201 Å². The second-order valence-electron chi connectivity index (χ2n) is 8.49. The molecule has 4 rings (SSSR count). The Hall–Kier alpha value is -3.53. The average Bonchev–Trinajstić information content (AvgIpc) is 3.35. The third-order valence-corrected chi connectivity index (χ3v) is 5.93. The number of anilines is 1. The summed E-state index contributed by atoms with van der Waals surface area (Å²) in [6.45, 7) is 3.32. The van der Waals surface area contributed by atoms with E-state index in [1.165, 1.54) is 4.90 Å². The molecule has 1 aliphatic rings. The van der Waals surface area contributed by atoms with Crippen LogP contribution in [0.25, 0.3) is 5.69 Å². The Morgan fingerprint density at radius 2 is 1.74 bits per heavy atom. The van der Waals surface area contributed by atoms with E-state index >= 15 is 0 Å². The number of amides is 2. The monoisotopic (exact) mass is 487 g/mol. The van der Waals surface area contributed by atoms with Gasteiger partial charge in [-0.3, -0.25) is 10.2 Å². The molecule has 2 aromatic carbocycles. The van der Waals surface area contributed by atoms with Crippen LogP contribution in [0.3, 0.4) is 0 Å². The van der Waals surface area contributed by atoms with Gasteiger partial charge in [0.05, 0.1) is 30.4 Å². The van der Waals surface area contributed by atoms with Crippen LogP contribution in [0.4, 0.5) is 23.8 Å². The van der Waals surface area contributed by atoms with E-state index in [9.17, 15) is 18.0 Å². The normalized spacial score (nSPS) is 18.4. The van der Waals surface area contributed by atoms with Crippen molar-refractivity contribution < 1.29 is 22.7 Å². The van der Waals surface area contributed by atoms with Crippen molar-refractivity contribution in [1.82, 2.24) is 20.0 Å². The molecule has 1 aliphatic heterocycles. The lowest BCUT2D eigenvalue weighted by atomic mass is 9.94. The van der Waals surface area contributed by atoms with Gasteiger partial charge in [-0.2, -0.15) is 13.2 Å². The van der Waals surface area contributed by atoms with E-state index in [0.717, 1.165) is 11.3 Å². The Morgan fingerprint density at radius 1 is 1.09 bits per heavy atom. The molecule has 0 aliphatic carbocycles. The van der Waals surface area contributed by atoms with Gasteiger partial charge in [0.2, 0.25) is 5.88 Å². The van der Waals surface area contributed by atoms with Crippen LogP contribution < -0.4 is 15.4 Å². The molecule has 2 N–H and O–H groups in total. The predicted octanol–water partition coefficient (Wildman–Crippen LogP) is 4.73. The highest BCUT2D eigenvalue weighted by Crippen LogP contribution is 2.31. The summed E-state index contributed by atoms with van der Waals surface area (Å²) < 4.78 is 46.4. The van der Waals surface area contributed by atoms with Gasteiger partial charge in [-0.05, 0) is 31.5 Å². The van der Waals surface area contributed by atoms with Crippen LogP contribution in [0.15, 0.2) is 60.7 Å². The van der Waals surface area contributed by atoms with Crippen LogP contribution in [0.2, 0.25) is 0 Å². The number of carbonyl (C=O) groups excluding carboxylic acids is 1. The molecule has 186 valence electrons. The first kappa shape index (κ1) is 24.6. The number of ether oxygens (including phenoxy) is 1. The number of para-hydroxylation sites is 1. The minimum absolute atomic E-state index is 0.0909. The molecule has 2 atom stereocenters. The summed E-state index contributed by atoms with van der Waals surface area (Å²) in [5.74, 6) is 0.549. The number of halogens is 3. The Kier molecular flexibility index (Phi) is 7.30. The summed E-state index contributed by atoms with van der Waals surface area (Å²) in [5, 5.41) is 10.2. The summed E-state index contributed by atoms with van der Waals surface area (Å²) in [7, 11) is 0. The zero-order valence-electron chi connectivity index (χ0n) is 19.5. The molecule has 35 heavy (non-hydrogen) atoms. The third-order valence-electron chi connectivity index (χ3n) is 5.93. The van der Waals surface area contributed by atoms with Crippen molar-refractivity contribution in [2.75, 3.05) is 31.6 Å². The van der Waals surface area contributed by atoms with Crippen LogP contribution in [0.5, 0.6) is 5.88 Å². The van der Waals surface area contributed by atoms with E-state index in [2.05, 4.69) is 15.7 Å². The van der Waals surface area contributed by atoms with Gasteiger partial charge in [0.25, 0.3) is 0 Å². The van der Waals surface area contributed by atoms with Crippen molar-refractivity contribution in [2.24, 2.45) is 0 Å². The second-order valence-corrected chi connectivity index (χ2v) is 8.49. The first-order valence-corrected chi connectivity index (χ1v) is 11.4. The first-order chi connectivity index (χ1) is 16.7. The molecule has 1 aromatic heterocycles. The van der Waals surface area contributed by atoms with Crippen molar-refractivity contribution in [3.8, 4) is 11.6 Å². The fraction of sp³-hybridized carbons (Fsp3) is 0.360. The quantitative estimate of drug-likeness (QED) is 0.506. The maximum absolute atomic E-state index is 13.1. The van der Waals surface area contributed by atoms with Crippen LogP contribution in [0, 0.1) is 6.92 Å². The molecular weight excluding hydrogens is 459 g/mol. The summed E-state index contributed by atoms with van der Waals surface area (Å²) in [5.41, 5.74) is 2.26. The zero-order valence-corrected chi connectivity index (χ0v) is 19.5. The maximum Gasteiger partial charge on any atom is 0.401 e. The number of nitrogens with one attached hydrogen (secondary N) is 2. The smallest absolute Gasteiger partial charge is 0.401 e. The topological polar surface area (TPSA) is 71.4 Å². The lowest BCUT2D eigenvalue weighted by molar-refractivity contribution is -0.143. The van der Waals surface area contributed by atoms with Crippen molar-refractivity contribution in [3.63, 3.8) is 0 Å². The largest absolute Gasteiger partial charge is 0.477 e. The molecule has 1 saturated heterocycles. The second kappa shape index (κ2) is 10.4. The highest BCUT2D eigenvalue weighted by atomic mass is 19.4. The number of hydrogen-bond acceptors (Lipinski definition) is 4. The molecule has 0 spiro atoms. The van der Waals surface area contributed by atoms with Crippen molar-refractivity contribution in [2.45, 2.75) is 32.0 Å².